The van der Waals surface area contributed by atoms with E-state index in [2.05, 4.69) is 35.1 Å². The van der Waals surface area contributed by atoms with E-state index in [1.807, 2.05) is 36.4 Å². The molecule has 4 heterocycles. The van der Waals surface area contributed by atoms with Crippen molar-refractivity contribution < 1.29 is 17.9 Å². The lowest BCUT2D eigenvalue weighted by molar-refractivity contribution is 0.0827. The highest BCUT2D eigenvalue weighted by molar-refractivity contribution is 7.91. The monoisotopic (exact) mass is 622 g/mol. The highest BCUT2D eigenvalue weighted by Crippen LogP contribution is 2.47. The van der Waals surface area contributed by atoms with Crippen LogP contribution >= 0.6 is 0 Å². The molecule has 1 saturated heterocycles. The molecule has 4 aromatic rings. The summed E-state index contributed by atoms with van der Waals surface area (Å²) in [5.74, 6) is 0.815. The van der Waals surface area contributed by atoms with E-state index < -0.39 is 14.8 Å². The van der Waals surface area contributed by atoms with Crippen LogP contribution in [-0.4, -0.2) is 78.7 Å². The molecule has 2 aromatic carbocycles. The summed E-state index contributed by atoms with van der Waals surface area (Å²) >= 11 is 0. The zero-order valence-electron chi connectivity index (χ0n) is 26.2. The molecule has 7 rings (SSSR count). The molecule has 1 amide bonds. The maximum Gasteiger partial charge on any atom is 0.253 e. The maximum atomic E-state index is 14.5. The summed E-state index contributed by atoms with van der Waals surface area (Å²) in [6, 6.07) is 17.3. The van der Waals surface area contributed by atoms with E-state index in [4.69, 9.17) is 4.74 Å². The number of piperidine rings is 1. The smallest absolute Gasteiger partial charge is 0.253 e. The summed E-state index contributed by atoms with van der Waals surface area (Å²) < 4.78 is 35.5. The number of allylic oxidation sites excluding steroid dienone is 3. The Kier molecular flexibility index (Phi) is 7.02. The molecule has 1 aliphatic carbocycles. The molecule has 1 spiro atoms. The molecule has 0 saturated carbocycles. The number of aromatic nitrogens is 2. The molecular formula is C36H38N4O4S. The van der Waals surface area contributed by atoms with Crippen molar-refractivity contribution in [2.75, 3.05) is 40.8 Å². The van der Waals surface area contributed by atoms with Crippen LogP contribution in [0, 0.1) is 0 Å². The number of pyridine rings is 1. The lowest BCUT2D eigenvalue weighted by Gasteiger charge is -2.36. The molecule has 1 atom stereocenters. The second kappa shape index (κ2) is 10.7. The molecule has 0 radical (unpaired) electrons. The Hall–Kier alpha value is -4.21. The fraction of sp³-hybridized carbons (Fsp3) is 0.333. The maximum absolute atomic E-state index is 14.5. The molecule has 1 fully saturated rings. The minimum absolute atomic E-state index is 0.0669. The van der Waals surface area contributed by atoms with Gasteiger partial charge in [-0.05, 0) is 93.4 Å². The van der Waals surface area contributed by atoms with Crippen molar-refractivity contribution in [3.63, 3.8) is 0 Å². The van der Waals surface area contributed by atoms with Crippen molar-refractivity contribution in [3.8, 4) is 16.9 Å². The summed E-state index contributed by atoms with van der Waals surface area (Å²) in [6.45, 7) is 4.59. The quantitative estimate of drug-likeness (QED) is 0.282. The van der Waals surface area contributed by atoms with E-state index in [-0.39, 0.29) is 11.3 Å². The van der Waals surface area contributed by atoms with Crippen LogP contribution < -0.4 is 4.74 Å². The number of hydrogen-bond donors (Lipinski definition) is 0. The summed E-state index contributed by atoms with van der Waals surface area (Å²) in [7, 11) is 1.63. The number of amides is 1. The summed E-state index contributed by atoms with van der Waals surface area (Å²) in [6.07, 6.45) is 11.6. The van der Waals surface area contributed by atoms with Crippen molar-refractivity contribution >= 4 is 32.5 Å². The molecule has 0 N–H and O–H groups in total. The average Bonchev–Trinajstić information content (AvgIpc) is 3.61. The van der Waals surface area contributed by atoms with Gasteiger partial charge in [-0.2, -0.15) is 0 Å². The van der Waals surface area contributed by atoms with Gasteiger partial charge in [-0.3, -0.25) is 4.79 Å². The van der Waals surface area contributed by atoms with E-state index in [0.717, 1.165) is 59.3 Å². The van der Waals surface area contributed by atoms with Crippen molar-refractivity contribution in [3.05, 3.63) is 102 Å². The minimum Gasteiger partial charge on any atom is -0.492 e. The zero-order valence-corrected chi connectivity index (χ0v) is 27.0. The first kappa shape index (κ1) is 29.5. The third-order valence-corrected chi connectivity index (χ3v) is 12.1. The van der Waals surface area contributed by atoms with Crippen LogP contribution in [0.1, 0.15) is 47.7 Å². The van der Waals surface area contributed by atoms with E-state index in [1.54, 1.807) is 51.6 Å². The van der Waals surface area contributed by atoms with Crippen molar-refractivity contribution in [2.24, 2.45) is 0 Å². The van der Waals surface area contributed by atoms with Gasteiger partial charge in [-0.15, -0.1) is 0 Å². The van der Waals surface area contributed by atoms with Gasteiger partial charge < -0.3 is 14.5 Å². The van der Waals surface area contributed by atoms with Gasteiger partial charge in [0.1, 0.15) is 10.5 Å². The highest BCUT2D eigenvalue weighted by atomic mass is 32.2. The van der Waals surface area contributed by atoms with Gasteiger partial charge in [0.2, 0.25) is 10.0 Å². The zero-order chi connectivity index (χ0) is 31.6. The molecule has 45 heavy (non-hydrogen) atoms. The van der Waals surface area contributed by atoms with Gasteiger partial charge >= 0.3 is 0 Å². The number of rotatable bonds is 5. The van der Waals surface area contributed by atoms with Crippen molar-refractivity contribution in [1.29, 1.82) is 0 Å². The number of ether oxygens (including phenoxy) is 1. The summed E-state index contributed by atoms with van der Waals surface area (Å²) in [5, 5.41) is 0.727. The summed E-state index contributed by atoms with van der Waals surface area (Å²) in [4.78, 5) is 20.8. The first-order valence-corrected chi connectivity index (χ1v) is 16.8. The Labute approximate surface area is 264 Å². The Balaban J connectivity index is 1.24. The van der Waals surface area contributed by atoms with Gasteiger partial charge in [0.05, 0.1) is 6.61 Å². The second-order valence-electron chi connectivity index (χ2n) is 13.1. The van der Waals surface area contributed by atoms with Gasteiger partial charge in [0, 0.05) is 54.0 Å². The number of carbonyl (C=O) groups excluding carboxylic acids is 1. The fourth-order valence-corrected chi connectivity index (χ4v) is 8.60. The number of nitrogens with zero attached hydrogens (tertiary/aromatic N) is 4. The first-order chi connectivity index (χ1) is 21.5. The second-order valence-corrected chi connectivity index (χ2v) is 15.4. The molecule has 2 aliphatic heterocycles. The Morgan fingerprint density at radius 1 is 1.02 bits per heavy atom. The molecule has 2 aromatic heterocycles. The van der Waals surface area contributed by atoms with Crippen LogP contribution in [0.3, 0.4) is 0 Å². The number of carbonyl (C=O) groups is 1. The summed E-state index contributed by atoms with van der Waals surface area (Å²) in [5.41, 5.74) is 5.63. The van der Waals surface area contributed by atoms with Crippen molar-refractivity contribution in [2.45, 2.75) is 36.3 Å². The van der Waals surface area contributed by atoms with Gasteiger partial charge in [0.15, 0.2) is 5.65 Å². The highest BCUT2D eigenvalue weighted by Gasteiger charge is 2.43. The van der Waals surface area contributed by atoms with Crippen molar-refractivity contribution in [1.82, 2.24) is 18.8 Å². The van der Waals surface area contributed by atoms with Crippen LogP contribution in [0.25, 0.3) is 27.7 Å². The fourth-order valence-electron chi connectivity index (χ4n) is 6.95. The lowest BCUT2D eigenvalue weighted by Crippen LogP contribution is -2.41. The van der Waals surface area contributed by atoms with E-state index in [9.17, 15) is 13.2 Å². The molecular weight excluding hydrogens is 584 g/mol. The van der Waals surface area contributed by atoms with Gasteiger partial charge in [-0.1, -0.05) is 42.5 Å². The standard InChI is InChI=1S/C36H38N4O4S/c1-35(15-5-7-28(22-35)27-13-14-31-32(21-27)44-24-36(31)16-19-39(4)20-17-36)45(42,43)40-23-30(29-8-6-18-37-33(29)40)25-9-11-26(12-10-25)34(41)38(2)3/h5-14,18,21-23H,15-17,19-20,24H2,1-4H3. The van der Waals surface area contributed by atoms with E-state index in [1.165, 1.54) is 14.4 Å². The van der Waals surface area contributed by atoms with Crippen LogP contribution in [0.15, 0.2) is 85.2 Å². The lowest BCUT2D eigenvalue weighted by atomic mass is 9.74. The Bertz CT molecular complexity index is 1980. The van der Waals surface area contributed by atoms with Crippen LogP contribution in [0.5, 0.6) is 5.75 Å². The van der Waals surface area contributed by atoms with E-state index >= 15 is 0 Å². The molecule has 0 bridgehead atoms. The number of likely N-dealkylation sites (tertiary alicyclic amines) is 1. The molecule has 1 unspecified atom stereocenters. The SMILES string of the molecule is CN1CCC2(CC1)COc1cc(C3=CC(C)(S(=O)(=O)n4cc(-c5ccc(C(=O)N(C)C)cc5)c5cccnc54)CC=C3)ccc12. The number of hydrogen-bond acceptors (Lipinski definition) is 6. The average molecular weight is 623 g/mol. The Morgan fingerprint density at radius 3 is 2.49 bits per heavy atom. The minimum atomic E-state index is -3.96. The number of fused-ring (bicyclic) bond motifs is 3. The topological polar surface area (TPSA) is 84.7 Å². The predicted octanol–water partition coefficient (Wildman–Crippen LogP) is 5.74. The third-order valence-electron chi connectivity index (χ3n) is 9.85. The van der Waals surface area contributed by atoms with E-state index in [0.29, 0.717) is 24.2 Å². The number of benzene rings is 2. The molecule has 232 valence electrons. The normalized spacial score (nSPS) is 21.0. The molecule has 9 heteroatoms. The van der Waals surface area contributed by atoms with Crippen LogP contribution in [-0.2, 0) is 15.4 Å². The largest absolute Gasteiger partial charge is 0.492 e. The Morgan fingerprint density at radius 2 is 1.76 bits per heavy atom. The molecule has 8 nitrogen and oxygen atoms in total. The van der Waals surface area contributed by atoms with Crippen LogP contribution in [0.4, 0.5) is 0 Å². The molecule has 3 aliphatic rings. The first-order valence-electron chi connectivity index (χ1n) is 15.4. The predicted molar refractivity (Wildman–Crippen MR) is 178 cm³/mol. The van der Waals surface area contributed by atoms with Crippen LogP contribution in [0.2, 0.25) is 0 Å². The third kappa shape index (κ3) is 4.80. The van der Waals surface area contributed by atoms with Gasteiger partial charge in [-0.25, -0.2) is 17.4 Å². The van der Waals surface area contributed by atoms with Gasteiger partial charge in [0.25, 0.3) is 5.91 Å².